The molecule has 11 heteroatoms. The molecule has 31 heavy (non-hydrogen) atoms. The van der Waals surface area contributed by atoms with E-state index in [-0.39, 0.29) is 10.0 Å². The van der Waals surface area contributed by atoms with E-state index >= 15 is 0 Å². The molecule has 1 amide bonds. The fourth-order valence-electron chi connectivity index (χ4n) is 3.24. The molecule has 0 saturated carbocycles. The first kappa shape index (κ1) is 21.6. The van der Waals surface area contributed by atoms with E-state index in [1.807, 2.05) is 18.2 Å². The van der Waals surface area contributed by atoms with Crippen molar-refractivity contribution in [1.82, 2.24) is 14.6 Å². The minimum atomic E-state index is -3.52. The van der Waals surface area contributed by atoms with E-state index in [1.54, 1.807) is 7.11 Å². The van der Waals surface area contributed by atoms with Gasteiger partial charge in [0, 0.05) is 18.7 Å². The highest BCUT2D eigenvalue weighted by Gasteiger charge is 2.27. The number of nitrogens with one attached hydrogen (secondary N) is 2. The second-order valence-electron chi connectivity index (χ2n) is 6.90. The second kappa shape index (κ2) is 8.87. The summed E-state index contributed by atoms with van der Waals surface area (Å²) >= 11 is 6.60. The standard InChI is InChI=1S/C20H20N4O4S3/c1-28-14-6-9-16-17(12-14)30-20(21-16)23-19(29)22-18(25)13-4-7-15(8-5-13)31(26,27)24-10-2-3-11-24/h4-9,12H,2-3,10-11H2,1H3,(H2,21,22,23,25,29). The van der Waals surface area contributed by atoms with Crippen molar-refractivity contribution in [2.24, 2.45) is 0 Å². The normalized spacial score (nSPS) is 14.5. The van der Waals surface area contributed by atoms with Gasteiger partial charge < -0.3 is 10.1 Å². The smallest absolute Gasteiger partial charge is 0.257 e. The van der Waals surface area contributed by atoms with Gasteiger partial charge in [-0.1, -0.05) is 11.3 Å². The summed E-state index contributed by atoms with van der Waals surface area (Å²) in [5, 5.41) is 6.14. The van der Waals surface area contributed by atoms with Crippen molar-refractivity contribution in [3.8, 4) is 5.75 Å². The van der Waals surface area contributed by atoms with Crippen LogP contribution in [0, 0.1) is 0 Å². The number of rotatable bonds is 5. The van der Waals surface area contributed by atoms with E-state index in [9.17, 15) is 13.2 Å². The van der Waals surface area contributed by atoms with Crippen LogP contribution >= 0.6 is 23.6 Å². The zero-order chi connectivity index (χ0) is 22.0. The van der Waals surface area contributed by atoms with Crippen molar-refractivity contribution >= 4 is 59.9 Å². The number of ether oxygens (including phenoxy) is 1. The SMILES string of the molecule is COc1ccc2nc(NC(=S)NC(=O)c3ccc(S(=O)(=O)N4CCCC4)cc3)sc2c1. The molecule has 3 aromatic rings. The summed E-state index contributed by atoms with van der Waals surface area (Å²) in [5.74, 6) is 0.291. The number of amides is 1. The number of hydrogen-bond acceptors (Lipinski definition) is 7. The van der Waals surface area contributed by atoms with Gasteiger partial charge in [-0.15, -0.1) is 0 Å². The Labute approximate surface area is 189 Å². The topological polar surface area (TPSA) is 101 Å². The number of methoxy groups -OCH3 is 1. The highest BCUT2D eigenvalue weighted by Crippen LogP contribution is 2.29. The van der Waals surface area contributed by atoms with Crippen LogP contribution in [0.5, 0.6) is 5.75 Å². The molecular formula is C20H20N4O4S3. The highest BCUT2D eigenvalue weighted by molar-refractivity contribution is 7.89. The number of hydrogen-bond donors (Lipinski definition) is 2. The average molecular weight is 477 g/mol. The maximum absolute atomic E-state index is 12.6. The van der Waals surface area contributed by atoms with Crippen LogP contribution in [0.2, 0.25) is 0 Å². The number of sulfonamides is 1. The number of thiocarbonyl (C=S) groups is 1. The first-order valence-corrected chi connectivity index (χ1v) is 12.2. The Bertz CT molecular complexity index is 1230. The number of carbonyl (C=O) groups excluding carboxylic acids is 1. The molecular weight excluding hydrogens is 456 g/mol. The van der Waals surface area contributed by atoms with E-state index in [2.05, 4.69) is 15.6 Å². The maximum atomic E-state index is 12.6. The lowest BCUT2D eigenvalue weighted by atomic mass is 10.2. The zero-order valence-electron chi connectivity index (χ0n) is 16.6. The molecule has 4 rings (SSSR count). The van der Waals surface area contributed by atoms with Crippen molar-refractivity contribution in [1.29, 1.82) is 0 Å². The quantitative estimate of drug-likeness (QED) is 0.545. The van der Waals surface area contributed by atoms with Crippen LogP contribution in [0.4, 0.5) is 5.13 Å². The summed E-state index contributed by atoms with van der Waals surface area (Å²) in [6, 6.07) is 11.4. The number of nitrogens with zero attached hydrogens (tertiary/aromatic N) is 2. The van der Waals surface area contributed by atoms with Crippen molar-refractivity contribution in [3.05, 3.63) is 48.0 Å². The van der Waals surface area contributed by atoms with Crippen molar-refractivity contribution in [2.45, 2.75) is 17.7 Å². The first-order valence-electron chi connectivity index (χ1n) is 9.54. The Balaban J connectivity index is 1.40. The molecule has 1 aliphatic heterocycles. The molecule has 0 radical (unpaired) electrons. The number of benzene rings is 2. The Morgan fingerprint density at radius 3 is 2.55 bits per heavy atom. The predicted octanol–water partition coefficient (Wildman–Crippen LogP) is 3.22. The van der Waals surface area contributed by atoms with E-state index < -0.39 is 15.9 Å². The minimum absolute atomic E-state index is 0.102. The summed E-state index contributed by atoms with van der Waals surface area (Å²) in [5.41, 5.74) is 1.09. The molecule has 1 aromatic heterocycles. The van der Waals surface area contributed by atoms with E-state index in [1.165, 1.54) is 39.9 Å². The largest absolute Gasteiger partial charge is 0.497 e. The van der Waals surface area contributed by atoms with Gasteiger partial charge in [0.15, 0.2) is 10.2 Å². The molecule has 0 spiro atoms. The number of carbonyl (C=O) groups is 1. The van der Waals surface area contributed by atoms with E-state index in [0.717, 1.165) is 28.8 Å². The highest BCUT2D eigenvalue weighted by atomic mass is 32.2. The summed E-state index contributed by atoms with van der Waals surface area (Å²) < 4.78 is 32.8. The number of fused-ring (bicyclic) bond motifs is 1. The molecule has 2 aromatic carbocycles. The Hall–Kier alpha value is -2.60. The molecule has 2 heterocycles. The number of thiazole rings is 1. The Kier molecular flexibility index (Phi) is 6.19. The van der Waals surface area contributed by atoms with Crippen LogP contribution in [-0.4, -0.2) is 48.9 Å². The molecule has 8 nitrogen and oxygen atoms in total. The van der Waals surface area contributed by atoms with Crippen LogP contribution < -0.4 is 15.4 Å². The minimum Gasteiger partial charge on any atom is -0.497 e. The third-order valence-electron chi connectivity index (χ3n) is 4.86. The Morgan fingerprint density at radius 2 is 1.87 bits per heavy atom. The van der Waals surface area contributed by atoms with Gasteiger partial charge in [-0.2, -0.15) is 4.31 Å². The summed E-state index contributed by atoms with van der Waals surface area (Å²) in [7, 11) is -1.92. The summed E-state index contributed by atoms with van der Waals surface area (Å²) in [6.07, 6.45) is 1.73. The monoisotopic (exact) mass is 476 g/mol. The van der Waals surface area contributed by atoms with Crippen molar-refractivity contribution < 1.29 is 17.9 Å². The molecule has 162 valence electrons. The van der Waals surface area contributed by atoms with Gasteiger partial charge in [0.2, 0.25) is 10.0 Å². The lowest BCUT2D eigenvalue weighted by molar-refractivity contribution is 0.0977. The van der Waals surface area contributed by atoms with Gasteiger partial charge >= 0.3 is 0 Å². The number of anilines is 1. The van der Waals surface area contributed by atoms with Gasteiger partial charge in [0.05, 0.1) is 22.2 Å². The van der Waals surface area contributed by atoms with Crippen LogP contribution in [-0.2, 0) is 10.0 Å². The molecule has 1 saturated heterocycles. The molecule has 0 bridgehead atoms. The average Bonchev–Trinajstić information content (AvgIpc) is 3.43. The third kappa shape index (κ3) is 4.69. The van der Waals surface area contributed by atoms with Crippen LogP contribution in [0.3, 0.4) is 0 Å². The Morgan fingerprint density at radius 1 is 1.16 bits per heavy atom. The van der Waals surface area contributed by atoms with Crippen LogP contribution in [0.15, 0.2) is 47.4 Å². The summed E-state index contributed by atoms with van der Waals surface area (Å²) in [6.45, 7) is 1.06. The predicted molar refractivity (Wildman–Crippen MR) is 124 cm³/mol. The molecule has 2 N–H and O–H groups in total. The molecule has 0 aliphatic carbocycles. The molecule has 1 aliphatic rings. The molecule has 0 atom stereocenters. The van der Waals surface area contributed by atoms with Crippen LogP contribution in [0.25, 0.3) is 10.2 Å². The molecule has 1 fully saturated rings. The lowest BCUT2D eigenvalue weighted by Gasteiger charge is -2.15. The van der Waals surface area contributed by atoms with Crippen molar-refractivity contribution in [3.63, 3.8) is 0 Å². The zero-order valence-corrected chi connectivity index (χ0v) is 19.1. The van der Waals surface area contributed by atoms with Gasteiger partial charge in [0.1, 0.15) is 5.75 Å². The summed E-state index contributed by atoms with van der Waals surface area (Å²) in [4.78, 5) is 17.1. The van der Waals surface area contributed by atoms with Gasteiger partial charge in [-0.3, -0.25) is 10.1 Å². The molecule has 0 unspecified atom stereocenters. The van der Waals surface area contributed by atoms with Gasteiger partial charge in [-0.25, -0.2) is 13.4 Å². The fraction of sp³-hybridized carbons (Fsp3) is 0.250. The van der Waals surface area contributed by atoms with E-state index in [0.29, 0.717) is 23.8 Å². The third-order valence-corrected chi connectivity index (χ3v) is 7.91. The maximum Gasteiger partial charge on any atom is 0.257 e. The van der Waals surface area contributed by atoms with Gasteiger partial charge in [-0.05, 0) is 67.5 Å². The first-order chi connectivity index (χ1) is 14.9. The second-order valence-corrected chi connectivity index (χ2v) is 10.3. The van der Waals surface area contributed by atoms with Gasteiger partial charge in [0.25, 0.3) is 5.91 Å². The lowest BCUT2D eigenvalue weighted by Crippen LogP contribution is -2.34. The van der Waals surface area contributed by atoms with Crippen molar-refractivity contribution in [2.75, 3.05) is 25.5 Å². The number of aromatic nitrogens is 1. The van der Waals surface area contributed by atoms with E-state index in [4.69, 9.17) is 17.0 Å². The van der Waals surface area contributed by atoms with Crippen LogP contribution in [0.1, 0.15) is 23.2 Å². The fourth-order valence-corrected chi connectivity index (χ4v) is 5.91.